The van der Waals surface area contributed by atoms with Crippen molar-refractivity contribution in [2.45, 2.75) is 20.8 Å². The Morgan fingerprint density at radius 2 is 1.81 bits per heavy atom. The Bertz CT molecular complexity index is 706. The molecular weight excluding hydrogens is 264 g/mol. The number of hydrogen-bond acceptors (Lipinski definition) is 3. The van der Waals surface area contributed by atoms with Gasteiger partial charge in [-0.15, -0.1) is 0 Å². The highest BCUT2D eigenvalue weighted by molar-refractivity contribution is 6.02. The number of hydrazone groups is 1. The second-order valence-corrected chi connectivity index (χ2v) is 4.97. The molecule has 0 aromatic heterocycles. The van der Waals surface area contributed by atoms with E-state index < -0.39 is 5.91 Å². The van der Waals surface area contributed by atoms with Gasteiger partial charge in [-0.3, -0.25) is 4.79 Å². The van der Waals surface area contributed by atoms with Crippen LogP contribution in [-0.2, 0) is 0 Å². The number of carbonyl (C=O) groups is 1. The third-order valence-electron chi connectivity index (χ3n) is 3.26. The van der Waals surface area contributed by atoms with Crippen LogP contribution in [0.3, 0.4) is 0 Å². The van der Waals surface area contributed by atoms with Crippen LogP contribution < -0.4 is 5.43 Å². The standard InChI is InChI=1S/C17H18N2O2/c1-11-8-9-12(2)15(10-11)13(3)18-19-17(21)14-6-4-5-7-16(14)20/h4-10,20H,1-3H3,(H,19,21)/b18-13+. The molecule has 21 heavy (non-hydrogen) atoms. The summed E-state index contributed by atoms with van der Waals surface area (Å²) in [5, 5.41) is 13.8. The number of carbonyl (C=O) groups excluding carboxylic acids is 1. The van der Waals surface area contributed by atoms with Gasteiger partial charge in [-0.05, 0) is 44.5 Å². The molecule has 0 saturated heterocycles. The van der Waals surface area contributed by atoms with Crippen LogP contribution in [0.5, 0.6) is 5.75 Å². The van der Waals surface area contributed by atoms with E-state index in [0.29, 0.717) is 0 Å². The van der Waals surface area contributed by atoms with Crippen LogP contribution in [0.4, 0.5) is 0 Å². The molecule has 0 unspecified atom stereocenters. The number of nitrogens with zero attached hydrogens (tertiary/aromatic N) is 1. The molecule has 0 bridgehead atoms. The van der Waals surface area contributed by atoms with Gasteiger partial charge in [0, 0.05) is 5.56 Å². The number of phenols is 1. The van der Waals surface area contributed by atoms with Crippen molar-refractivity contribution >= 4 is 11.6 Å². The zero-order chi connectivity index (χ0) is 15.4. The maximum absolute atomic E-state index is 12.0. The molecule has 2 N–H and O–H groups in total. The SMILES string of the molecule is C/C(=N\NC(=O)c1ccccc1O)c1cc(C)ccc1C. The zero-order valence-corrected chi connectivity index (χ0v) is 12.3. The average molecular weight is 282 g/mol. The van der Waals surface area contributed by atoms with Gasteiger partial charge in [0.1, 0.15) is 5.75 Å². The molecule has 108 valence electrons. The molecule has 2 aromatic carbocycles. The van der Waals surface area contributed by atoms with Gasteiger partial charge in [0.05, 0.1) is 11.3 Å². The molecule has 2 aromatic rings. The van der Waals surface area contributed by atoms with Gasteiger partial charge in [0.15, 0.2) is 0 Å². The summed E-state index contributed by atoms with van der Waals surface area (Å²) in [5.74, 6) is -0.493. The molecule has 0 atom stereocenters. The predicted octanol–water partition coefficient (Wildman–Crippen LogP) is 3.16. The molecule has 0 radical (unpaired) electrons. The van der Waals surface area contributed by atoms with Crippen LogP contribution in [0.15, 0.2) is 47.6 Å². The van der Waals surface area contributed by atoms with Crippen LogP contribution in [0.25, 0.3) is 0 Å². The summed E-state index contributed by atoms with van der Waals surface area (Å²) in [6.45, 7) is 5.85. The van der Waals surface area contributed by atoms with Crippen molar-refractivity contribution in [2.24, 2.45) is 5.10 Å². The van der Waals surface area contributed by atoms with Crippen molar-refractivity contribution in [2.75, 3.05) is 0 Å². The summed E-state index contributed by atoms with van der Waals surface area (Å²) in [4.78, 5) is 12.0. The van der Waals surface area contributed by atoms with Crippen molar-refractivity contribution in [1.82, 2.24) is 5.43 Å². The Hall–Kier alpha value is -2.62. The maximum atomic E-state index is 12.0. The number of amides is 1. The lowest BCUT2D eigenvalue weighted by Gasteiger charge is -2.07. The normalized spacial score (nSPS) is 11.3. The van der Waals surface area contributed by atoms with Crippen molar-refractivity contribution in [1.29, 1.82) is 0 Å². The molecule has 4 heteroatoms. The van der Waals surface area contributed by atoms with E-state index in [4.69, 9.17) is 0 Å². The van der Waals surface area contributed by atoms with Gasteiger partial charge < -0.3 is 5.11 Å². The summed E-state index contributed by atoms with van der Waals surface area (Å²) in [5.41, 5.74) is 6.63. The topological polar surface area (TPSA) is 61.7 Å². The maximum Gasteiger partial charge on any atom is 0.275 e. The minimum absolute atomic E-state index is 0.0606. The molecule has 0 aliphatic rings. The second-order valence-electron chi connectivity index (χ2n) is 4.97. The minimum atomic E-state index is -0.433. The molecule has 0 saturated carbocycles. The molecule has 1 amide bonds. The van der Waals surface area contributed by atoms with Crippen LogP contribution in [0.2, 0.25) is 0 Å². The highest BCUT2D eigenvalue weighted by Gasteiger charge is 2.09. The Kier molecular flexibility index (Phi) is 4.38. The summed E-state index contributed by atoms with van der Waals surface area (Å²) < 4.78 is 0. The monoisotopic (exact) mass is 282 g/mol. The number of hydrogen-bond donors (Lipinski definition) is 2. The Balaban J connectivity index is 2.19. The van der Waals surface area contributed by atoms with Gasteiger partial charge in [-0.1, -0.05) is 29.8 Å². The minimum Gasteiger partial charge on any atom is -0.507 e. The van der Waals surface area contributed by atoms with Crippen LogP contribution in [0.1, 0.15) is 34.0 Å². The quantitative estimate of drug-likeness (QED) is 0.671. The van der Waals surface area contributed by atoms with E-state index in [2.05, 4.69) is 10.5 Å². The highest BCUT2D eigenvalue weighted by atomic mass is 16.3. The van der Waals surface area contributed by atoms with Gasteiger partial charge in [-0.25, -0.2) is 5.43 Å². The van der Waals surface area contributed by atoms with E-state index in [0.717, 1.165) is 22.4 Å². The van der Waals surface area contributed by atoms with Gasteiger partial charge in [0.25, 0.3) is 5.91 Å². The van der Waals surface area contributed by atoms with Crippen molar-refractivity contribution in [3.8, 4) is 5.75 Å². The average Bonchev–Trinajstić information content (AvgIpc) is 2.47. The van der Waals surface area contributed by atoms with E-state index >= 15 is 0 Å². The Labute approximate surface area is 124 Å². The van der Waals surface area contributed by atoms with Crippen LogP contribution >= 0.6 is 0 Å². The van der Waals surface area contributed by atoms with Crippen molar-refractivity contribution in [3.63, 3.8) is 0 Å². The number of benzene rings is 2. The number of aryl methyl sites for hydroxylation is 2. The lowest BCUT2D eigenvalue weighted by Crippen LogP contribution is -2.19. The fourth-order valence-corrected chi connectivity index (χ4v) is 2.05. The smallest absolute Gasteiger partial charge is 0.275 e. The Morgan fingerprint density at radius 1 is 1.10 bits per heavy atom. The fraction of sp³-hybridized carbons (Fsp3) is 0.176. The zero-order valence-electron chi connectivity index (χ0n) is 12.3. The van der Waals surface area contributed by atoms with Gasteiger partial charge >= 0.3 is 0 Å². The van der Waals surface area contributed by atoms with Crippen molar-refractivity contribution in [3.05, 3.63) is 64.7 Å². The highest BCUT2D eigenvalue weighted by Crippen LogP contribution is 2.15. The lowest BCUT2D eigenvalue weighted by molar-refractivity contribution is 0.0952. The number of aromatic hydroxyl groups is 1. The van der Waals surface area contributed by atoms with Crippen LogP contribution in [-0.4, -0.2) is 16.7 Å². The third-order valence-corrected chi connectivity index (χ3v) is 3.26. The van der Waals surface area contributed by atoms with E-state index in [-0.39, 0.29) is 11.3 Å². The second kappa shape index (κ2) is 6.22. The number of rotatable bonds is 3. The first-order valence-corrected chi connectivity index (χ1v) is 6.69. The van der Waals surface area contributed by atoms with Gasteiger partial charge in [0.2, 0.25) is 0 Å². The number of nitrogens with one attached hydrogen (secondary N) is 1. The van der Waals surface area contributed by atoms with Crippen molar-refractivity contribution < 1.29 is 9.90 Å². The summed E-state index contributed by atoms with van der Waals surface area (Å²) in [7, 11) is 0. The molecule has 0 fully saturated rings. The molecule has 4 nitrogen and oxygen atoms in total. The summed E-state index contributed by atoms with van der Waals surface area (Å²) in [6.07, 6.45) is 0. The van der Waals surface area contributed by atoms with E-state index in [1.54, 1.807) is 18.2 Å². The third kappa shape index (κ3) is 3.48. The lowest BCUT2D eigenvalue weighted by atomic mass is 10.0. The fourth-order valence-electron chi connectivity index (χ4n) is 2.05. The van der Waals surface area contributed by atoms with E-state index in [9.17, 15) is 9.90 Å². The van der Waals surface area contributed by atoms with E-state index in [1.165, 1.54) is 6.07 Å². The Morgan fingerprint density at radius 3 is 2.52 bits per heavy atom. The van der Waals surface area contributed by atoms with Crippen LogP contribution in [0, 0.1) is 13.8 Å². The first kappa shape index (κ1) is 14.8. The predicted molar refractivity (Wildman–Crippen MR) is 83.7 cm³/mol. The molecular formula is C17H18N2O2. The number of para-hydroxylation sites is 1. The molecule has 2 rings (SSSR count). The molecule has 0 heterocycles. The molecule has 0 aliphatic heterocycles. The first-order valence-electron chi connectivity index (χ1n) is 6.69. The molecule has 0 aliphatic carbocycles. The van der Waals surface area contributed by atoms with E-state index in [1.807, 2.05) is 39.0 Å². The first-order chi connectivity index (χ1) is 9.99. The summed E-state index contributed by atoms with van der Waals surface area (Å²) >= 11 is 0. The number of phenolic OH excluding ortho intramolecular Hbond substituents is 1. The molecule has 0 spiro atoms. The van der Waals surface area contributed by atoms with Gasteiger partial charge in [-0.2, -0.15) is 5.10 Å². The summed E-state index contributed by atoms with van der Waals surface area (Å²) in [6, 6.07) is 12.5. The largest absolute Gasteiger partial charge is 0.507 e.